The lowest BCUT2D eigenvalue weighted by Crippen LogP contribution is -2.40. The molecule has 1 fully saturated rings. The lowest BCUT2D eigenvalue weighted by molar-refractivity contribution is 0.0177. The molecule has 2 unspecified atom stereocenters. The summed E-state index contributed by atoms with van der Waals surface area (Å²) in [6.45, 7) is 13.2. The minimum atomic E-state index is -0.840. The van der Waals surface area contributed by atoms with Gasteiger partial charge in [-0.1, -0.05) is 12.8 Å². The number of nitrogens with zero attached hydrogens (tertiary/aromatic N) is 1. The predicted molar refractivity (Wildman–Crippen MR) is 109 cm³/mol. The molecular formula is C19H39N3O2S. The van der Waals surface area contributed by atoms with Crippen molar-refractivity contribution in [3.63, 3.8) is 0 Å². The van der Waals surface area contributed by atoms with E-state index in [1.54, 1.807) is 0 Å². The molecule has 0 aliphatic heterocycles. The lowest BCUT2D eigenvalue weighted by atomic mass is 9.98. The molecule has 0 spiro atoms. The molecule has 0 saturated heterocycles. The van der Waals surface area contributed by atoms with E-state index in [4.69, 9.17) is 4.74 Å². The second-order valence-electron chi connectivity index (χ2n) is 7.68. The van der Waals surface area contributed by atoms with Crippen LogP contribution in [0.15, 0.2) is 4.99 Å². The van der Waals surface area contributed by atoms with Crippen LogP contribution in [-0.2, 0) is 15.5 Å². The first-order valence-electron chi connectivity index (χ1n) is 9.90. The number of guanidine groups is 1. The van der Waals surface area contributed by atoms with Crippen LogP contribution in [0, 0.1) is 5.92 Å². The summed E-state index contributed by atoms with van der Waals surface area (Å²) in [5.41, 5.74) is 0. The second kappa shape index (κ2) is 11.9. The predicted octanol–water partition coefficient (Wildman–Crippen LogP) is 3.07. The fourth-order valence-electron chi connectivity index (χ4n) is 3.21. The van der Waals surface area contributed by atoms with Crippen molar-refractivity contribution in [2.45, 2.75) is 77.6 Å². The normalized spacial score (nSPS) is 19.0. The van der Waals surface area contributed by atoms with Gasteiger partial charge in [0.15, 0.2) is 5.96 Å². The second-order valence-corrected chi connectivity index (χ2v) is 10.0. The summed E-state index contributed by atoms with van der Waals surface area (Å²) in [4.78, 5) is 4.68. The highest BCUT2D eigenvalue weighted by Crippen LogP contribution is 2.30. The maximum atomic E-state index is 12.1. The van der Waals surface area contributed by atoms with Crippen molar-refractivity contribution in [2.75, 3.05) is 32.0 Å². The molecule has 148 valence electrons. The molecule has 25 heavy (non-hydrogen) atoms. The third-order valence-corrected chi connectivity index (χ3v) is 6.54. The Morgan fingerprint density at radius 2 is 1.92 bits per heavy atom. The highest BCUT2D eigenvalue weighted by Gasteiger charge is 2.25. The minimum absolute atomic E-state index is 0.164. The Labute approximate surface area is 157 Å². The summed E-state index contributed by atoms with van der Waals surface area (Å²) in [5.74, 6) is 2.16. The van der Waals surface area contributed by atoms with Crippen molar-refractivity contribution in [1.82, 2.24) is 10.6 Å². The van der Waals surface area contributed by atoms with E-state index in [-0.39, 0.29) is 4.75 Å². The van der Waals surface area contributed by atoms with Crippen molar-refractivity contribution in [3.8, 4) is 0 Å². The third-order valence-electron chi connectivity index (χ3n) is 4.60. The molecule has 6 heteroatoms. The Morgan fingerprint density at radius 1 is 1.24 bits per heavy atom. The van der Waals surface area contributed by atoms with Crippen LogP contribution in [0.3, 0.4) is 0 Å². The van der Waals surface area contributed by atoms with Crippen LogP contribution >= 0.6 is 0 Å². The molecule has 0 heterocycles. The number of hydrogen-bond donors (Lipinski definition) is 2. The first-order valence-corrected chi connectivity index (χ1v) is 11.2. The largest absolute Gasteiger partial charge is 0.378 e. The van der Waals surface area contributed by atoms with Gasteiger partial charge in [-0.25, -0.2) is 0 Å². The maximum absolute atomic E-state index is 12.1. The van der Waals surface area contributed by atoms with Gasteiger partial charge < -0.3 is 15.4 Å². The average molecular weight is 374 g/mol. The quantitative estimate of drug-likeness (QED) is 0.456. The van der Waals surface area contributed by atoms with Gasteiger partial charge in [-0.3, -0.25) is 9.20 Å². The van der Waals surface area contributed by atoms with Crippen molar-refractivity contribution >= 4 is 16.8 Å². The summed E-state index contributed by atoms with van der Waals surface area (Å²) in [7, 11) is -0.840. The van der Waals surface area contributed by atoms with Gasteiger partial charge in [0, 0.05) is 47.5 Å². The number of hydrogen-bond acceptors (Lipinski definition) is 3. The Kier molecular flexibility index (Phi) is 10.7. The van der Waals surface area contributed by atoms with Crippen LogP contribution in [0.5, 0.6) is 0 Å². The molecule has 0 aromatic heterocycles. The van der Waals surface area contributed by atoms with Crippen LogP contribution in [-0.4, -0.2) is 53.0 Å². The zero-order valence-electron chi connectivity index (χ0n) is 16.9. The summed E-state index contributed by atoms with van der Waals surface area (Å²) in [6, 6.07) is 0. The molecular weight excluding hydrogens is 334 g/mol. The van der Waals surface area contributed by atoms with Crippen molar-refractivity contribution in [2.24, 2.45) is 10.9 Å². The van der Waals surface area contributed by atoms with E-state index in [0.717, 1.165) is 32.1 Å². The van der Waals surface area contributed by atoms with Crippen LogP contribution in [0.2, 0.25) is 0 Å². The Hall–Kier alpha value is -0.620. The number of ether oxygens (including phenoxy) is 1. The zero-order valence-corrected chi connectivity index (χ0v) is 17.7. The molecule has 2 N–H and O–H groups in total. The molecule has 0 amide bonds. The van der Waals surface area contributed by atoms with E-state index in [1.807, 2.05) is 20.8 Å². The van der Waals surface area contributed by atoms with Crippen LogP contribution in [0.25, 0.3) is 0 Å². The smallest absolute Gasteiger partial charge is 0.191 e. The Balaban J connectivity index is 2.43. The molecule has 5 nitrogen and oxygen atoms in total. The average Bonchev–Trinajstić information content (AvgIpc) is 3.07. The van der Waals surface area contributed by atoms with E-state index in [0.29, 0.717) is 24.3 Å². The van der Waals surface area contributed by atoms with Gasteiger partial charge in [0.25, 0.3) is 0 Å². The zero-order chi connectivity index (χ0) is 18.7. The topological polar surface area (TPSA) is 62.7 Å². The van der Waals surface area contributed by atoms with Gasteiger partial charge in [-0.2, -0.15) is 0 Å². The van der Waals surface area contributed by atoms with E-state index < -0.39 is 10.8 Å². The SMILES string of the molecule is CCNC(=NCCC(OCC)C1CCCC1)NCCS(=O)C(C)(C)C. The summed E-state index contributed by atoms with van der Waals surface area (Å²) < 4.78 is 17.9. The number of rotatable bonds is 10. The van der Waals surface area contributed by atoms with E-state index in [2.05, 4.69) is 29.5 Å². The molecule has 1 rings (SSSR count). The van der Waals surface area contributed by atoms with Crippen LogP contribution < -0.4 is 10.6 Å². The maximum Gasteiger partial charge on any atom is 0.191 e. The van der Waals surface area contributed by atoms with Gasteiger partial charge in [0.05, 0.1) is 6.10 Å². The summed E-state index contributed by atoms with van der Waals surface area (Å²) >= 11 is 0. The molecule has 1 aliphatic rings. The third kappa shape index (κ3) is 9.04. The fraction of sp³-hybridized carbons (Fsp3) is 0.947. The van der Waals surface area contributed by atoms with Crippen molar-refractivity contribution < 1.29 is 8.95 Å². The van der Waals surface area contributed by atoms with Crippen LogP contribution in [0.4, 0.5) is 0 Å². The molecule has 0 aromatic carbocycles. The van der Waals surface area contributed by atoms with Crippen LogP contribution in [0.1, 0.15) is 66.7 Å². The molecule has 0 radical (unpaired) electrons. The Morgan fingerprint density at radius 3 is 2.48 bits per heavy atom. The van der Waals surface area contributed by atoms with Crippen molar-refractivity contribution in [1.29, 1.82) is 0 Å². The monoisotopic (exact) mass is 373 g/mol. The fourth-order valence-corrected chi connectivity index (χ4v) is 4.11. The minimum Gasteiger partial charge on any atom is -0.378 e. The Bertz CT molecular complexity index is 415. The standard InChI is InChI=1S/C19H39N3O2S/c1-6-20-18(22-14-15-25(23)19(3,4)5)21-13-12-17(24-7-2)16-10-8-9-11-16/h16-17H,6-15H2,1-5H3,(H2,20,21,22). The van der Waals surface area contributed by atoms with Gasteiger partial charge in [-0.15, -0.1) is 0 Å². The molecule has 1 aliphatic carbocycles. The van der Waals surface area contributed by atoms with Crippen molar-refractivity contribution in [3.05, 3.63) is 0 Å². The summed E-state index contributed by atoms with van der Waals surface area (Å²) in [6.07, 6.45) is 6.59. The molecule has 1 saturated carbocycles. The van der Waals surface area contributed by atoms with Gasteiger partial charge in [-0.05, 0) is 59.8 Å². The lowest BCUT2D eigenvalue weighted by Gasteiger charge is -2.23. The molecule has 0 bridgehead atoms. The first-order chi connectivity index (χ1) is 11.9. The van der Waals surface area contributed by atoms with E-state index >= 15 is 0 Å². The highest BCUT2D eigenvalue weighted by atomic mass is 32.2. The van der Waals surface area contributed by atoms with E-state index in [1.165, 1.54) is 25.7 Å². The van der Waals surface area contributed by atoms with E-state index in [9.17, 15) is 4.21 Å². The van der Waals surface area contributed by atoms with Gasteiger partial charge >= 0.3 is 0 Å². The highest BCUT2D eigenvalue weighted by molar-refractivity contribution is 7.86. The molecule has 0 aromatic rings. The van der Waals surface area contributed by atoms with Gasteiger partial charge in [0.2, 0.25) is 0 Å². The van der Waals surface area contributed by atoms with Gasteiger partial charge in [0.1, 0.15) is 0 Å². The molecule has 2 atom stereocenters. The number of nitrogens with one attached hydrogen (secondary N) is 2. The summed E-state index contributed by atoms with van der Waals surface area (Å²) in [5, 5.41) is 6.57. The number of aliphatic imine (C=N–C) groups is 1. The first kappa shape index (κ1) is 22.4.